The van der Waals surface area contributed by atoms with Crippen LogP contribution in [0.15, 0.2) is 48.5 Å². The molecule has 0 aliphatic carbocycles. The average Bonchev–Trinajstić information content (AvgIpc) is 2.68. The van der Waals surface area contributed by atoms with E-state index in [9.17, 15) is 9.59 Å². The first-order chi connectivity index (χ1) is 13.0. The molecule has 2 N–H and O–H groups in total. The van der Waals surface area contributed by atoms with E-state index in [2.05, 4.69) is 10.6 Å². The van der Waals surface area contributed by atoms with Crippen LogP contribution in [0, 0.1) is 5.92 Å². The van der Waals surface area contributed by atoms with Crippen LogP contribution in [-0.4, -0.2) is 36.9 Å². The zero-order valence-electron chi connectivity index (χ0n) is 15.9. The summed E-state index contributed by atoms with van der Waals surface area (Å²) >= 11 is 0. The minimum absolute atomic E-state index is 0.0103. The maximum Gasteiger partial charge on any atom is 0.258 e. The highest BCUT2D eigenvalue weighted by atomic mass is 16.5. The van der Waals surface area contributed by atoms with E-state index in [1.807, 2.05) is 56.3 Å². The summed E-state index contributed by atoms with van der Waals surface area (Å²) in [7, 11) is 1.61. The predicted octanol–water partition coefficient (Wildman–Crippen LogP) is 3.03. The fourth-order valence-electron chi connectivity index (χ4n) is 3.03. The van der Waals surface area contributed by atoms with Crippen molar-refractivity contribution >= 4 is 17.5 Å². The van der Waals surface area contributed by atoms with E-state index in [0.717, 1.165) is 17.0 Å². The molecule has 0 radical (unpaired) electrons. The zero-order chi connectivity index (χ0) is 19.4. The van der Waals surface area contributed by atoms with Crippen LogP contribution >= 0.6 is 0 Å². The molecule has 1 aliphatic rings. The first-order valence-corrected chi connectivity index (χ1v) is 9.06. The van der Waals surface area contributed by atoms with Gasteiger partial charge in [0.2, 0.25) is 5.91 Å². The number of carbonyl (C=O) groups excluding carboxylic acids is 2. The minimum atomic E-state index is -0.428. The van der Waals surface area contributed by atoms with Crippen LogP contribution in [0.1, 0.15) is 35.9 Å². The third-order valence-electron chi connectivity index (χ3n) is 4.48. The second-order valence-electron chi connectivity index (χ2n) is 7.00. The standard InChI is InChI=1S/C21H25N3O3/c1-14(2)12-22-19(25)13-24-20(15-8-10-16(27-3)11-9-15)23-18-7-5-4-6-17(18)21(24)26/h4-11,14,20,23H,12-13H2,1-3H3,(H,22,25)/t20-/m1/s1. The molecule has 6 heteroatoms. The molecular weight excluding hydrogens is 342 g/mol. The van der Waals surface area contributed by atoms with Gasteiger partial charge in [-0.05, 0) is 35.7 Å². The summed E-state index contributed by atoms with van der Waals surface area (Å²) in [6.45, 7) is 4.64. The van der Waals surface area contributed by atoms with Gasteiger partial charge in [-0.25, -0.2) is 0 Å². The molecule has 2 aromatic carbocycles. The first-order valence-electron chi connectivity index (χ1n) is 9.06. The fraction of sp³-hybridized carbons (Fsp3) is 0.333. The Kier molecular flexibility index (Phi) is 5.64. The number of nitrogens with one attached hydrogen (secondary N) is 2. The number of hydrogen-bond donors (Lipinski definition) is 2. The lowest BCUT2D eigenvalue weighted by Crippen LogP contribution is -2.48. The van der Waals surface area contributed by atoms with Crippen LogP contribution in [0.3, 0.4) is 0 Å². The molecular formula is C21H25N3O3. The molecule has 1 aliphatic heterocycles. The number of rotatable bonds is 6. The van der Waals surface area contributed by atoms with Gasteiger partial charge in [-0.1, -0.05) is 38.1 Å². The van der Waals surface area contributed by atoms with E-state index in [1.165, 1.54) is 0 Å². The molecule has 0 fully saturated rings. The van der Waals surface area contributed by atoms with Gasteiger partial charge < -0.3 is 20.3 Å². The molecule has 0 unspecified atom stereocenters. The highest BCUT2D eigenvalue weighted by Crippen LogP contribution is 2.33. The number of amides is 2. The van der Waals surface area contributed by atoms with E-state index < -0.39 is 6.17 Å². The Labute approximate surface area is 159 Å². The Bertz CT molecular complexity index is 818. The molecule has 2 amide bonds. The van der Waals surface area contributed by atoms with Gasteiger partial charge in [-0.15, -0.1) is 0 Å². The smallest absolute Gasteiger partial charge is 0.258 e. The lowest BCUT2D eigenvalue weighted by Gasteiger charge is -2.37. The minimum Gasteiger partial charge on any atom is -0.497 e. The molecule has 1 atom stereocenters. The van der Waals surface area contributed by atoms with Crippen molar-refractivity contribution in [2.24, 2.45) is 5.92 Å². The second-order valence-corrected chi connectivity index (χ2v) is 7.00. The van der Waals surface area contributed by atoms with Crippen LogP contribution in [0.25, 0.3) is 0 Å². The summed E-state index contributed by atoms with van der Waals surface area (Å²) in [5.41, 5.74) is 2.22. The number of ether oxygens (including phenoxy) is 1. The van der Waals surface area contributed by atoms with Crippen LogP contribution < -0.4 is 15.4 Å². The maximum atomic E-state index is 13.1. The predicted molar refractivity (Wildman–Crippen MR) is 105 cm³/mol. The molecule has 0 spiro atoms. The van der Waals surface area contributed by atoms with Gasteiger partial charge in [0, 0.05) is 12.2 Å². The second kappa shape index (κ2) is 8.12. The molecule has 142 valence electrons. The van der Waals surface area contributed by atoms with Gasteiger partial charge in [0.25, 0.3) is 5.91 Å². The lowest BCUT2D eigenvalue weighted by molar-refractivity contribution is -0.122. The molecule has 0 saturated heterocycles. The number of benzene rings is 2. The summed E-state index contributed by atoms with van der Waals surface area (Å²) in [5, 5.41) is 6.27. The number of methoxy groups -OCH3 is 1. The van der Waals surface area contributed by atoms with Gasteiger partial charge in [-0.2, -0.15) is 0 Å². The normalized spacial score (nSPS) is 15.9. The van der Waals surface area contributed by atoms with Crippen LogP contribution in [-0.2, 0) is 4.79 Å². The topological polar surface area (TPSA) is 70.7 Å². The van der Waals surface area contributed by atoms with Crippen molar-refractivity contribution in [3.63, 3.8) is 0 Å². The Balaban J connectivity index is 1.89. The molecule has 6 nitrogen and oxygen atoms in total. The quantitative estimate of drug-likeness (QED) is 0.823. The number of anilines is 1. The van der Waals surface area contributed by atoms with Gasteiger partial charge in [-0.3, -0.25) is 9.59 Å². The fourth-order valence-corrected chi connectivity index (χ4v) is 3.03. The Morgan fingerprint density at radius 2 is 1.89 bits per heavy atom. The Hall–Kier alpha value is -3.02. The molecule has 27 heavy (non-hydrogen) atoms. The number of nitrogens with zero attached hydrogens (tertiary/aromatic N) is 1. The Morgan fingerprint density at radius 3 is 2.56 bits per heavy atom. The van der Waals surface area contributed by atoms with E-state index in [0.29, 0.717) is 18.0 Å². The van der Waals surface area contributed by atoms with Crippen molar-refractivity contribution in [2.75, 3.05) is 25.5 Å². The van der Waals surface area contributed by atoms with Crippen molar-refractivity contribution in [3.8, 4) is 5.75 Å². The molecule has 0 bridgehead atoms. The number of para-hydroxylation sites is 1. The van der Waals surface area contributed by atoms with E-state index >= 15 is 0 Å². The van der Waals surface area contributed by atoms with Crippen molar-refractivity contribution < 1.29 is 14.3 Å². The molecule has 2 aromatic rings. The van der Waals surface area contributed by atoms with Crippen LogP contribution in [0.2, 0.25) is 0 Å². The highest BCUT2D eigenvalue weighted by molar-refractivity contribution is 6.03. The average molecular weight is 367 g/mol. The van der Waals surface area contributed by atoms with Crippen molar-refractivity contribution in [2.45, 2.75) is 20.0 Å². The lowest BCUT2D eigenvalue weighted by atomic mass is 10.0. The number of hydrogen-bond acceptors (Lipinski definition) is 4. The molecule has 0 aromatic heterocycles. The van der Waals surface area contributed by atoms with Crippen LogP contribution in [0.5, 0.6) is 5.75 Å². The van der Waals surface area contributed by atoms with Crippen molar-refractivity contribution in [1.82, 2.24) is 10.2 Å². The van der Waals surface area contributed by atoms with Crippen LogP contribution in [0.4, 0.5) is 5.69 Å². The SMILES string of the molecule is COc1ccc([C@@H]2Nc3ccccc3C(=O)N2CC(=O)NCC(C)C)cc1. The zero-order valence-corrected chi connectivity index (χ0v) is 15.9. The van der Waals surface area contributed by atoms with Crippen molar-refractivity contribution in [1.29, 1.82) is 0 Å². The monoisotopic (exact) mass is 367 g/mol. The molecule has 3 rings (SSSR count). The third-order valence-corrected chi connectivity index (χ3v) is 4.48. The molecule has 1 heterocycles. The van der Waals surface area contributed by atoms with Crippen molar-refractivity contribution in [3.05, 3.63) is 59.7 Å². The van der Waals surface area contributed by atoms with E-state index in [4.69, 9.17) is 4.74 Å². The number of fused-ring (bicyclic) bond motifs is 1. The summed E-state index contributed by atoms with van der Waals surface area (Å²) in [6.07, 6.45) is -0.428. The first kappa shape index (κ1) is 18.8. The Morgan fingerprint density at radius 1 is 1.19 bits per heavy atom. The van der Waals surface area contributed by atoms with Gasteiger partial charge in [0.05, 0.1) is 12.7 Å². The highest BCUT2D eigenvalue weighted by Gasteiger charge is 2.34. The van der Waals surface area contributed by atoms with Gasteiger partial charge in [0.15, 0.2) is 0 Å². The summed E-state index contributed by atoms with van der Waals surface area (Å²) in [5.74, 6) is 0.756. The molecule has 0 saturated carbocycles. The third kappa shape index (κ3) is 4.22. The summed E-state index contributed by atoms with van der Waals surface area (Å²) < 4.78 is 5.21. The largest absolute Gasteiger partial charge is 0.497 e. The maximum absolute atomic E-state index is 13.1. The van der Waals surface area contributed by atoms with Gasteiger partial charge in [0.1, 0.15) is 18.5 Å². The van der Waals surface area contributed by atoms with E-state index in [-0.39, 0.29) is 18.4 Å². The number of carbonyl (C=O) groups is 2. The van der Waals surface area contributed by atoms with Gasteiger partial charge >= 0.3 is 0 Å². The summed E-state index contributed by atoms with van der Waals surface area (Å²) in [6, 6.07) is 14.8. The summed E-state index contributed by atoms with van der Waals surface area (Å²) in [4.78, 5) is 27.0. The van der Waals surface area contributed by atoms with E-state index in [1.54, 1.807) is 18.1 Å².